The molecule has 0 radical (unpaired) electrons. The third kappa shape index (κ3) is 2.71. The molecule has 5 nitrogen and oxygen atoms in total. The molecule has 5 heteroatoms. The van der Waals surface area contributed by atoms with E-state index in [1.54, 1.807) is 0 Å². The third-order valence-electron chi connectivity index (χ3n) is 2.51. The summed E-state index contributed by atoms with van der Waals surface area (Å²) in [5.74, 6) is -1.37. The summed E-state index contributed by atoms with van der Waals surface area (Å²) < 4.78 is 4.83. The molecule has 2 unspecified atom stereocenters. The first-order valence-corrected chi connectivity index (χ1v) is 4.81. The van der Waals surface area contributed by atoms with Gasteiger partial charge in [-0.15, -0.1) is 0 Å². The molecule has 15 heavy (non-hydrogen) atoms. The Morgan fingerprint density at radius 3 is 2.73 bits per heavy atom. The lowest BCUT2D eigenvalue weighted by molar-refractivity contribution is -0.142. The smallest absolute Gasteiger partial charge is 0.410 e. The third-order valence-corrected chi connectivity index (χ3v) is 2.51. The molecule has 0 aromatic rings. The molecule has 0 aromatic heterocycles. The molecular weight excluding hydrogens is 198 g/mol. The highest BCUT2D eigenvalue weighted by Crippen LogP contribution is 2.23. The number of aliphatic carboxylic acids is 1. The Morgan fingerprint density at radius 2 is 2.27 bits per heavy atom. The molecule has 1 fully saturated rings. The summed E-state index contributed by atoms with van der Waals surface area (Å²) in [4.78, 5) is 23.6. The number of rotatable bonds is 3. The zero-order chi connectivity index (χ0) is 11.4. The fourth-order valence-electron chi connectivity index (χ4n) is 1.66. The van der Waals surface area contributed by atoms with Crippen LogP contribution in [-0.2, 0) is 9.53 Å². The first-order valence-electron chi connectivity index (χ1n) is 4.81. The van der Waals surface area contributed by atoms with Crippen LogP contribution >= 0.6 is 0 Å². The summed E-state index contributed by atoms with van der Waals surface area (Å²) in [5, 5.41) is 8.86. The number of nitrogens with zero attached hydrogens (tertiary/aromatic N) is 1. The highest BCUT2D eigenvalue weighted by Gasteiger charge is 2.37. The Bertz CT molecular complexity index is 277. The summed E-state index contributed by atoms with van der Waals surface area (Å²) >= 11 is 0. The Balaban J connectivity index is 2.50. The fraction of sp³-hybridized carbons (Fsp3) is 0.600. The van der Waals surface area contributed by atoms with Gasteiger partial charge in [0.15, 0.2) is 0 Å². The molecule has 0 aromatic carbocycles. The Labute approximate surface area is 88.3 Å². The molecule has 1 heterocycles. The zero-order valence-corrected chi connectivity index (χ0v) is 8.68. The van der Waals surface area contributed by atoms with Crippen molar-refractivity contribution in [2.45, 2.75) is 6.92 Å². The molecule has 84 valence electrons. The molecule has 1 aliphatic rings. The van der Waals surface area contributed by atoms with E-state index in [2.05, 4.69) is 6.58 Å². The second kappa shape index (κ2) is 4.82. The highest BCUT2D eigenvalue weighted by molar-refractivity contribution is 5.74. The van der Waals surface area contributed by atoms with Crippen LogP contribution in [0.5, 0.6) is 0 Å². The van der Waals surface area contributed by atoms with Gasteiger partial charge in [0.1, 0.15) is 6.61 Å². The van der Waals surface area contributed by atoms with E-state index in [1.807, 2.05) is 6.92 Å². The minimum absolute atomic E-state index is 0.0289. The maximum Gasteiger partial charge on any atom is 0.410 e. The minimum Gasteiger partial charge on any atom is -0.481 e. The van der Waals surface area contributed by atoms with Crippen LogP contribution in [0, 0.1) is 11.8 Å². The van der Waals surface area contributed by atoms with Gasteiger partial charge in [-0.05, 0) is 5.92 Å². The van der Waals surface area contributed by atoms with Crippen molar-refractivity contribution < 1.29 is 19.4 Å². The quantitative estimate of drug-likeness (QED) is 0.709. The van der Waals surface area contributed by atoms with Crippen LogP contribution in [0.2, 0.25) is 0 Å². The molecule has 0 aliphatic carbocycles. The lowest BCUT2D eigenvalue weighted by Crippen LogP contribution is -2.30. The number of carboxylic acids is 1. The number of carboxylic acid groups (broad SMARTS) is 1. The second-order valence-electron chi connectivity index (χ2n) is 3.69. The fourth-order valence-corrected chi connectivity index (χ4v) is 1.66. The van der Waals surface area contributed by atoms with E-state index < -0.39 is 18.0 Å². The van der Waals surface area contributed by atoms with E-state index in [0.29, 0.717) is 6.54 Å². The summed E-state index contributed by atoms with van der Waals surface area (Å²) in [6.45, 7) is 6.07. The molecule has 1 aliphatic heterocycles. The van der Waals surface area contributed by atoms with Gasteiger partial charge in [0, 0.05) is 13.1 Å². The zero-order valence-electron chi connectivity index (χ0n) is 8.68. The van der Waals surface area contributed by atoms with Crippen molar-refractivity contribution >= 4 is 12.1 Å². The van der Waals surface area contributed by atoms with E-state index in [4.69, 9.17) is 9.84 Å². The minimum atomic E-state index is -0.860. The lowest BCUT2D eigenvalue weighted by Gasteiger charge is -2.14. The van der Waals surface area contributed by atoms with Gasteiger partial charge in [-0.3, -0.25) is 4.79 Å². The van der Waals surface area contributed by atoms with Crippen molar-refractivity contribution in [3.8, 4) is 0 Å². The van der Waals surface area contributed by atoms with Crippen LogP contribution in [0.3, 0.4) is 0 Å². The Kier molecular flexibility index (Phi) is 3.71. The predicted molar refractivity (Wildman–Crippen MR) is 53.4 cm³/mol. The Hall–Kier alpha value is -1.52. The summed E-state index contributed by atoms with van der Waals surface area (Å²) in [6, 6.07) is 0. The number of likely N-dealkylation sites (tertiary alicyclic amines) is 1. The standard InChI is InChI=1S/C10H15NO4/c1-3-4-15-10(14)11-5-7(2)8(6-11)9(12)13/h3,7-8H,1,4-6H2,2H3,(H,12,13). The average Bonchev–Trinajstić information content (AvgIpc) is 2.56. The molecule has 2 atom stereocenters. The average molecular weight is 213 g/mol. The normalized spacial score (nSPS) is 25.0. The molecule has 1 amide bonds. The van der Waals surface area contributed by atoms with Gasteiger partial charge >= 0.3 is 12.1 Å². The van der Waals surface area contributed by atoms with Gasteiger partial charge in [-0.1, -0.05) is 19.6 Å². The van der Waals surface area contributed by atoms with E-state index in [1.165, 1.54) is 11.0 Å². The molecule has 0 saturated carbocycles. The number of amides is 1. The first kappa shape index (κ1) is 11.6. The summed E-state index contributed by atoms with van der Waals surface area (Å²) in [7, 11) is 0. The van der Waals surface area contributed by atoms with Crippen molar-refractivity contribution in [1.82, 2.24) is 4.90 Å². The number of carbonyl (C=O) groups is 2. The number of ether oxygens (including phenoxy) is 1. The van der Waals surface area contributed by atoms with Gasteiger partial charge < -0.3 is 14.7 Å². The van der Waals surface area contributed by atoms with Gasteiger partial charge in [0.25, 0.3) is 0 Å². The number of carbonyl (C=O) groups excluding carboxylic acids is 1. The topological polar surface area (TPSA) is 66.8 Å². The van der Waals surface area contributed by atoms with Crippen molar-refractivity contribution in [2.75, 3.05) is 19.7 Å². The molecule has 1 N–H and O–H groups in total. The molecular formula is C10H15NO4. The van der Waals surface area contributed by atoms with E-state index in [0.717, 1.165) is 0 Å². The molecule has 1 rings (SSSR count). The highest BCUT2D eigenvalue weighted by atomic mass is 16.6. The maximum absolute atomic E-state index is 11.4. The van der Waals surface area contributed by atoms with E-state index in [-0.39, 0.29) is 19.1 Å². The number of hydrogen-bond acceptors (Lipinski definition) is 3. The van der Waals surface area contributed by atoms with Crippen molar-refractivity contribution in [3.63, 3.8) is 0 Å². The van der Waals surface area contributed by atoms with Crippen molar-refractivity contribution in [2.24, 2.45) is 11.8 Å². The maximum atomic E-state index is 11.4. The van der Waals surface area contributed by atoms with Crippen LogP contribution in [0.4, 0.5) is 4.79 Å². The summed E-state index contributed by atoms with van der Waals surface area (Å²) in [6.07, 6.45) is 1.01. The van der Waals surface area contributed by atoms with Crippen LogP contribution in [-0.4, -0.2) is 41.8 Å². The van der Waals surface area contributed by atoms with Crippen LogP contribution in [0.15, 0.2) is 12.7 Å². The van der Waals surface area contributed by atoms with Gasteiger partial charge in [-0.25, -0.2) is 4.79 Å². The van der Waals surface area contributed by atoms with Crippen LogP contribution < -0.4 is 0 Å². The number of hydrogen-bond donors (Lipinski definition) is 1. The molecule has 1 saturated heterocycles. The summed E-state index contributed by atoms with van der Waals surface area (Å²) in [5.41, 5.74) is 0. The monoisotopic (exact) mass is 213 g/mol. The Morgan fingerprint density at radius 1 is 1.60 bits per heavy atom. The SMILES string of the molecule is C=CCOC(=O)N1CC(C)C(C(=O)O)C1. The largest absolute Gasteiger partial charge is 0.481 e. The lowest BCUT2D eigenvalue weighted by atomic mass is 9.99. The predicted octanol–water partition coefficient (Wildman–Crippen LogP) is 0.962. The van der Waals surface area contributed by atoms with Crippen LogP contribution in [0.25, 0.3) is 0 Å². The molecule has 0 bridgehead atoms. The van der Waals surface area contributed by atoms with Crippen molar-refractivity contribution in [3.05, 3.63) is 12.7 Å². The first-order chi connectivity index (χ1) is 7.06. The van der Waals surface area contributed by atoms with Gasteiger partial charge in [0.05, 0.1) is 5.92 Å². The van der Waals surface area contributed by atoms with Crippen LogP contribution in [0.1, 0.15) is 6.92 Å². The molecule has 0 spiro atoms. The second-order valence-corrected chi connectivity index (χ2v) is 3.69. The van der Waals surface area contributed by atoms with Crippen molar-refractivity contribution in [1.29, 1.82) is 0 Å². The van der Waals surface area contributed by atoms with E-state index in [9.17, 15) is 9.59 Å². The van der Waals surface area contributed by atoms with Gasteiger partial charge in [0.2, 0.25) is 0 Å². The van der Waals surface area contributed by atoms with E-state index >= 15 is 0 Å². The van der Waals surface area contributed by atoms with Gasteiger partial charge in [-0.2, -0.15) is 0 Å².